The summed E-state index contributed by atoms with van der Waals surface area (Å²) in [6.07, 6.45) is 5.23. The molecule has 1 heterocycles. The minimum atomic E-state index is -0.0351. The highest BCUT2D eigenvalue weighted by Crippen LogP contribution is 2.32. The molecule has 1 aliphatic heterocycles. The summed E-state index contributed by atoms with van der Waals surface area (Å²) >= 11 is 0. The average molecular weight is 261 g/mol. The lowest BCUT2D eigenvalue weighted by Gasteiger charge is -2.29. The Kier molecular flexibility index (Phi) is 4.55. The van der Waals surface area contributed by atoms with E-state index in [2.05, 4.69) is 6.92 Å². The Labute approximate surface area is 113 Å². The Morgan fingerprint density at radius 2 is 2.16 bits per heavy atom. The smallest absolute Gasteiger partial charge is 0.265 e. The number of anilines is 1. The van der Waals surface area contributed by atoms with Crippen molar-refractivity contribution in [2.45, 2.75) is 32.6 Å². The van der Waals surface area contributed by atoms with Gasteiger partial charge in [-0.3, -0.25) is 9.59 Å². The minimum absolute atomic E-state index is 0.0351. The van der Waals surface area contributed by atoms with Gasteiger partial charge in [0.2, 0.25) is 0 Å². The fourth-order valence-corrected chi connectivity index (χ4v) is 2.23. The molecular formula is C15H19NO3. The largest absolute Gasteiger partial charge is 0.482 e. The number of benzene rings is 1. The maximum atomic E-state index is 11.9. The van der Waals surface area contributed by atoms with E-state index >= 15 is 0 Å². The van der Waals surface area contributed by atoms with Gasteiger partial charge in [-0.05, 0) is 24.6 Å². The summed E-state index contributed by atoms with van der Waals surface area (Å²) in [5.41, 5.74) is 1.29. The van der Waals surface area contributed by atoms with Crippen LogP contribution in [-0.2, 0) is 4.79 Å². The molecule has 0 N–H and O–H groups in total. The Hall–Kier alpha value is -1.84. The van der Waals surface area contributed by atoms with Crippen molar-refractivity contribution in [3.8, 4) is 5.75 Å². The molecule has 0 fully saturated rings. The van der Waals surface area contributed by atoms with Gasteiger partial charge in [-0.15, -0.1) is 0 Å². The molecule has 1 amide bonds. The molecule has 1 aliphatic rings. The third-order valence-electron chi connectivity index (χ3n) is 3.30. The highest BCUT2D eigenvalue weighted by molar-refractivity contribution is 5.98. The summed E-state index contributed by atoms with van der Waals surface area (Å²) in [5, 5.41) is 0. The lowest BCUT2D eigenvalue weighted by atomic mass is 10.1. The number of fused-ring (bicyclic) bond motifs is 1. The van der Waals surface area contributed by atoms with Crippen molar-refractivity contribution in [3.63, 3.8) is 0 Å². The third kappa shape index (κ3) is 3.13. The molecule has 0 radical (unpaired) electrons. The summed E-state index contributed by atoms with van der Waals surface area (Å²) in [7, 11) is 0. The number of aldehydes is 1. The molecule has 102 valence electrons. The van der Waals surface area contributed by atoms with Crippen LogP contribution in [0.2, 0.25) is 0 Å². The zero-order chi connectivity index (χ0) is 13.7. The van der Waals surface area contributed by atoms with Gasteiger partial charge in [0.05, 0.1) is 5.69 Å². The number of carbonyl (C=O) groups excluding carboxylic acids is 2. The van der Waals surface area contributed by atoms with Crippen LogP contribution in [0.5, 0.6) is 5.75 Å². The van der Waals surface area contributed by atoms with Gasteiger partial charge in [0.15, 0.2) is 6.61 Å². The molecule has 0 atom stereocenters. The average Bonchev–Trinajstić information content (AvgIpc) is 2.44. The van der Waals surface area contributed by atoms with E-state index in [1.807, 2.05) is 0 Å². The Morgan fingerprint density at radius 3 is 2.89 bits per heavy atom. The lowest BCUT2D eigenvalue weighted by Crippen LogP contribution is -2.39. The number of amides is 1. The number of hydrogen-bond acceptors (Lipinski definition) is 3. The van der Waals surface area contributed by atoms with Crippen LogP contribution in [-0.4, -0.2) is 25.3 Å². The maximum absolute atomic E-state index is 11.9. The van der Waals surface area contributed by atoms with Gasteiger partial charge in [-0.2, -0.15) is 0 Å². The fraction of sp³-hybridized carbons (Fsp3) is 0.467. The second-order valence-corrected chi connectivity index (χ2v) is 4.74. The first-order valence-corrected chi connectivity index (χ1v) is 6.78. The summed E-state index contributed by atoms with van der Waals surface area (Å²) in [6, 6.07) is 5.18. The molecular weight excluding hydrogens is 242 g/mol. The van der Waals surface area contributed by atoms with E-state index in [4.69, 9.17) is 4.74 Å². The summed E-state index contributed by atoms with van der Waals surface area (Å²) < 4.78 is 5.39. The number of nitrogens with zero attached hydrogens (tertiary/aromatic N) is 1. The van der Waals surface area contributed by atoms with E-state index in [0.717, 1.165) is 24.8 Å². The first-order chi connectivity index (χ1) is 9.26. The SMILES string of the molecule is CCCCCCN1C(=O)COc2ccc(C=O)cc21. The summed E-state index contributed by atoms with van der Waals surface area (Å²) in [4.78, 5) is 24.5. The van der Waals surface area contributed by atoms with Crippen molar-refractivity contribution in [1.82, 2.24) is 0 Å². The van der Waals surface area contributed by atoms with Crippen molar-refractivity contribution in [1.29, 1.82) is 0 Å². The molecule has 0 aromatic heterocycles. The number of hydrogen-bond donors (Lipinski definition) is 0. The van der Waals surface area contributed by atoms with Gasteiger partial charge in [0.1, 0.15) is 12.0 Å². The molecule has 0 saturated heterocycles. The van der Waals surface area contributed by atoms with Gasteiger partial charge >= 0.3 is 0 Å². The molecule has 19 heavy (non-hydrogen) atoms. The Morgan fingerprint density at radius 1 is 1.32 bits per heavy atom. The molecule has 0 spiro atoms. The second-order valence-electron chi connectivity index (χ2n) is 4.74. The first-order valence-electron chi connectivity index (χ1n) is 6.78. The number of ether oxygens (including phenoxy) is 1. The first kappa shape index (κ1) is 13.6. The van der Waals surface area contributed by atoms with Crippen LogP contribution in [0.1, 0.15) is 43.0 Å². The van der Waals surface area contributed by atoms with Crippen molar-refractivity contribution in [2.75, 3.05) is 18.1 Å². The molecule has 0 bridgehead atoms. The molecule has 1 aromatic carbocycles. The topological polar surface area (TPSA) is 46.6 Å². The predicted molar refractivity (Wildman–Crippen MR) is 73.8 cm³/mol. The minimum Gasteiger partial charge on any atom is -0.482 e. The van der Waals surface area contributed by atoms with E-state index < -0.39 is 0 Å². The number of rotatable bonds is 6. The van der Waals surface area contributed by atoms with Gasteiger partial charge in [0, 0.05) is 12.1 Å². The van der Waals surface area contributed by atoms with E-state index in [1.54, 1.807) is 23.1 Å². The quantitative estimate of drug-likeness (QED) is 0.584. The lowest BCUT2D eigenvalue weighted by molar-refractivity contribution is -0.121. The summed E-state index contributed by atoms with van der Waals surface area (Å²) in [6.45, 7) is 2.93. The monoisotopic (exact) mass is 261 g/mol. The van der Waals surface area contributed by atoms with Crippen molar-refractivity contribution in [3.05, 3.63) is 23.8 Å². The highest BCUT2D eigenvalue weighted by atomic mass is 16.5. The van der Waals surface area contributed by atoms with E-state index in [9.17, 15) is 9.59 Å². The Balaban J connectivity index is 2.14. The van der Waals surface area contributed by atoms with Gasteiger partial charge in [0.25, 0.3) is 5.91 Å². The zero-order valence-corrected chi connectivity index (χ0v) is 11.2. The van der Waals surface area contributed by atoms with Crippen molar-refractivity contribution < 1.29 is 14.3 Å². The molecule has 0 unspecified atom stereocenters. The number of carbonyl (C=O) groups is 2. The molecule has 2 rings (SSSR count). The predicted octanol–water partition coefficient (Wildman–Crippen LogP) is 2.80. The maximum Gasteiger partial charge on any atom is 0.265 e. The van der Waals surface area contributed by atoms with E-state index in [1.165, 1.54) is 12.8 Å². The molecule has 1 aromatic rings. The van der Waals surface area contributed by atoms with Crippen molar-refractivity contribution >= 4 is 17.9 Å². The summed E-state index contributed by atoms with van der Waals surface area (Å²) in [5.74, 6) is 0.646. The van der Waals surface area contributed by atoms with Crippen LogP contribution in [0.15, 0.2) is 18.2 Å². The second kappa shape index (κ2) is 6.36. The standard InChI is InChI=1S/C15H19NO3/c1-2-3-4-5-8-16-13-9-12(10-17)6-7-14(13)19-11-15(16)18/h6-7,9-10H,2-5,8,11H2,1H3. The van der Waals surface area contributed by atoms with Crippen LogP contribution in [0.3, 0.4) is 0 Å². The molecule has 4 heteroatoms. The normalized spacial score (nSPS) is 13.9. The van der Waals surface area contributed by atoms with Crippen LogP contribution < -0.4 is 9.64 Å². The highest BCUT2D eigenvalue weighted by Gasteiger charge is 2.25. The van der Waals surface area contributed by atoms with E-state index in [-0.39, 0.29) is 12.5 Å². The van der Waals surface area contributed by atoms with Gasteiger partial charge < -0.3 is 9.64 Å². The van der Waals surface area contributed by atoms with Crippen LogP contribution >= 0.6 is 0 Å². The third-order valence-corrected chi connectivity index (χ3v) is 3.30. The Bertz CT molecular complexity index is 470. The number of unbranched alkanes of at least 4 members (excludes halogenated alkanes) is 3. The van der Waals surface area contributed by atoms with E-state index in [0.29, 0.717) is 17.9 Å². The molecule has 4 nitrogen and oxygen atoms in total. The van der Waals surface area contributed by atoms with Gasteiger partial charge in [-0.25, -0.2) is 0 Å². The van der Waals surface area contributed by atoms with Gasteiger partial charge in [-0.1, -0.05) is 26.2 Å². The van der Waals surface area contributed by atoms with Crippen LogP contribution in [0.25, 0.3) is 0 Å². The fourth-order valence-electron chi connectivity index (χ4n) is 2.23. The zero-order valence-electron chi connectivity index (χ0n) is 11.2. The van der Waals surface area contributed by atoms with Crippen molar-refractivity contribution in [2.24, 2.45) is 0 Å². The molecule has 0 saturated carbocycles. The van der Waals surface area contributed by atoms with Crippen LogP contribution in [0, 0.1) is 0 Å². The van der Waals surface area contributed by atoms with Crippen LogP contribution in [0.4, 0.5) is 5.69 Å². The molecule has 0 aliphatic carbocycles.